The smallest absolute Gasteiger partial charge is 0.255 e. The second-order valence-corrected chi connectivity index (χ2v) is 7.51. The van der Waals surface area contributed by atoms with E-state index in [-0.39, 0.29) is 28.9 Å². The Kier molecular flexibility index (Phi) is 6.33. The summed E-state index contributed by atoms with van der Waals surface area (Å²) < 4.78 is 45.9. The molecule has 2 N–H and O–H groups in total. The molecule has 0 bridgehead atoms. The summed E-state index contributed by atoms with van der Waals surface area (Å²) in [6.07, 6.45) is 0. The molecule has 0 aromatic heterocycles. The number of sulfonamides is 1. The number of hydrogen-bond acceptors (Lipinski definition) is 4. The van der Waals surface area contributed by atoms with Gasteiger partial charge in [0.15, 0.2) is 0 Å². The van der Waals surface area contributed by atoms with Crippen molar-refractivity contribution in [3.63, 3.8) is 0 Å². The van der Waals surface area contributed by atoms with Gasteiger partial charge in [-0.25, -0.2) is 17.5 Å². The zero-order chi connectivity index (χ0) is 19.3. The van der Waals surface area contributed by atoms with Gasteiger partial charge >= 0.3 is 0 Å². The number of carbonyl (C=O) groups excluding carboxylic acids is 1. The molecule has 2 aromatic rings. The van der Waals surface area contributed by atoms with Gasteiger partial charge in [0.1, 0.15) is 16.5 Å². The molecular formula is C18H21FN2O4S. The van der Waals surface area contributed by atoms with Gasteiger partial charge in [0.2, 0.25) is 10.0 Å². The van der Waals surface area contributed by atoms with Crippen molar-refractivity contribution in [2.45, 2.75) is 31.7 Å². The SMILES string of the molecule is CCOc1ccc(C(=O)Nc2ccc(F)cc2)cc1S(=O)(=O)NC(C)C. The monoisotopic (exact) mass is 380 g/mol. The van der Waals surface area contributed by atoms with Crippen LogP contribution < -0.4 is 14.8 Å². The van der Waals surface area contributed by atoms with Crippen molar-refractivity contribution in [1.82, 2.24) is 4.72 Å². The lowest BCUT2D eigenvalue weighted by Crippen LogP contribution is -2.30. The van der Waals surface area contributed by atoms with Gasteiger partial charge in [-0.3, -0.25) is 4.79 Å². The summed E-state index contributed by atoms with van der Waals surface area (Å²) >= 11 is 0. The first-order chi connectivity index (χ1) is 12.2. The molecule has 1 amide bonds. The molecule has 8 heteroatoms. The minimum absolute atomic E-state index is 0.111. The predicted molar refractivity (Wildman–Crippen MR) is 97.4 cm³/mol. The number of amides is 1. The fraction of sp³-hybridized carbons (Fsp3) is 0.278. The molecule has 0 spiro atoms. The molecular weight excluding hydrogens is 359 g/mol. The maximum absolute atomic E-state index is 13.0. The van der Waals surface area contributed by atoms with Gasteiger partial charge in [-0.1, -0.05) is 0 Å². The number of ether oxygens (including phenoxy) is 1. The summed E-state index contributed by atoms with van der Waals surface area (Å²) in [7, 11) is -3.85. The summed E-state index contributed by atoms with van der Waals surface area (Å²) in [4.78, 5) is 12.3. The van der Waals surface area contributed by atoms with E-state index in [0.29, 0.717) is 5.69 Å². The molecule has 0 aliphatic heterocycles. The molecule has 0 radical (unpaired) electrons. The van der Waals surface area contributed by atoms with Crippen molar-refractivity contribution in [2.24, 2.45) is 0 Å². The Morgan fingerprint density at radius 1 is 1.15 bits per heavy atom. The van der Waals surface area contributed by atoms with E-state index in [0.717, 1.165) is 0 Å². The molecule has 0 atom stereocenters. The van der Waals surface area contributed by atoms with Crippen molar-refractivity contribution in [3.05, 3.63) is 53.8 Å². The lowest BCUT2D eigenvalue weighted by molar-refractivity contribution is 0.102. The molecule has 6 nitrogen and oxygen atoms in total. The second-order valence-electron chi connectivity index (χ2n) is 5.83. The molecule has 0 heterocycles. The molecule has 0 saturated carbocycles. The largest absolute Gasteiger partial charge is 0.492 e. The number of halogens is 1. The third-order valence-corrected chi connectivity index (χ3v) is 4.97. The van der Waals surface area contributed by atoms with Gasteiger partial charge in [0.05, 0.1) is 6.61 Å². The zero-order valence-corrected chi connectivity index (χ0v) is 15.6. The van der Waals surface area contributed by atoms with E-state index in [4.69, 9.17) is 4.74 Å². The minimum atomic E-state index is -3.85. The maximum atomic E-state index is 13.0. The van der Waals surface area contributed by atoms with Crippen molar-refractivity contribution in [2.75, 3.05) is 11.9 Å². The molecule has 26 heavy (non-hydrogen) atoms. The quantitative estimate of drug-likeness (QED) is 0.773. The molecule has 0 unspecified atom stereocenters. The highest BCUT2D eigenvalue weighted by Gasteiger charge is 2.22. The zero-order valence-electron chi connectivity index (χ0n) is 14.7. The molecule has 0 saturated heterocycles. The standard InChI is InChI=1S/C18H21FN2O4S/c1-4-25-16-10-5-13(11-17(16)26(23,24)21-12(2)3)18(22)20-15-8-6-14(19)7-9-15/h5-12,21H,4H2,1-3H3,(H,20,22). The van der Waals surface area contributed by atoms with Gasteiger partial charge < -0.3 is 10.1 Å². The first-order valence-electron chi connectivity index (χ1n) is 8.09. The number of anilines is 1. The van der Waals surface area contributed by atoms with Crippen LogP contribution in [0.3, 0.4) is 0 Å². The Labute approximate surface area is 152 Å². The Balaban J connectivity index is 2.36. The maximum Gasteiger partial charge on any atom is 0.255 e. The highest BCUT2D eigenvalue weighted by atomic mass is 32.2. The van der Waals surface area contributed by atoms with E-state index in [1.807, 2.05) is 0 Å². The highest BCUT2D eigenvalue weighted by Crippen LogP contribution is 2.26. The Hall–Kier alpha value is -2.45. The molecule has 140 valence electrons. The third kappa shape index (κ3) is 5.03. The van der Waals surface area contributed by atoms with Crippen molar-refractivity contribution < 1.29 is 22.3 Å². The van der Waals surface area contributed by atoms with Crippen molar-refractivity contribution in [3.8, 4) is 5.75 Å². The summed E-state index contributed by atoms with van der Waals surface area (Å²) in [6, 6.07) is 9.13. The van der Waals surface area contributed by atoms with Crippen LogP contribution in [0.25, 0.3) is 0 Å². The van der Waals surface area contributed by atoms with Crippen LogP contribution >= 0.6 is 0 Å². The lowest BCUT2D eigenvalue weighted by Gasteiger charge is -2.15. The van der Waals surface area contributed by atoms with Gasteiger partial charge in [-0.15, -0.1) is 0 Å². The van der Waals surface area contributed by atoms with Crippen LogP contribution in [0.15, 0.2) is 47.4 Å². The first kappa shape index (κ1) is 19.9. The lowest BCUT2D eigenvalue weighted by atomic mass is 10.2. The van der Waals surface area contributed by atoms with E-state index >= 15 is 0 Å². The average Bonchev–Trinajstić information content (AvgIpc) is 2.56. The van der Waals surface area contributed by atoms with E-state index in [1.54, 1.807) is 20.8 Å². The van der Waals surface area contributed by atoms with Gasteiger partial charge in [0.25, 0.3) is 5.91 Å². The van der Waals surface area contributed by atoms with Crippen LogP contribution in [0.5, 0.6) is 5.75 Å². The first-order valence-corrected chi connectivity index (χ1v) is 9.57. The van der Waals surface area contributed by atoms with Gasteiger partial charge in [-0.05, 0) is 63.2 Å². The van der Waals surface area contributed by atoms with Crippen LogP contribution in [0.2, 0.25) is 0 Å². The second kappa shape index (κ2) is 8.29. The van der Waals surface area contributed by atoms with Crippen LogP contribution in [-0.4, -0.2) is 27.0 Å². The molecule has 0 aliphatic rings. The van der Waals surface area contributed by atoms with E-state index in [9.17, 15) is 17.6 Å². The topological polar surface area (TPSA) is 84.5 Å². The molecule has 2 aromatic carbocycles. The van der Waals surface area contributed by atoms with Crippen LogP contribution in [-0.2, 0) is 10.0 Å². The minimum Gasteiger partial charge on any atom is -0.492 e. The number of carbonyl (C=O) groups is 1. The van der Waals surface area contributed by atoms with Gasteiger partial charge in [0, 0.05) is 17.3 Å². The fourth-order valence-electron chi connectivity index (χ4n) is 2.24. The Morgan fingerprint density at radius 3 is 2.38 bits per heavy atom. The summed E-state index contributed by atoms with van der Waals surface area (Å²) in [6.45, 7) is 5.42. The van der Waals surface area contributed by atoms with Crippen molar-refractivity contribution >= 4 is 21.6 Å². The molecule has 0 aliphatic carbocycles. The molecule has 2 rings (SSSR count). The predicted octanol–water partition coefficient (Wildman–Crippen LogP) is 3.16. The number of benzene rings is 2. The third-order valence-electron chi connectivity index (χ3n) is 3.29. The van der Waals surface area contributed by atoms with Crippen LogP contribution in [0, 0.1) is 5.82 Å². The highest BCUT2D eigenvalue weighted by molar-refractivity contribution is 7.89. The number of hydrogen-bond donors (Lipinski definition) is 2. The summed E-state index contributed by atoms with van der Waals surface area (Å²) in [5, 5.41) is 2.59. The Bertz CT molecular complexity index is 881. The van der Waals surface area contributed by atoms with Crippen molar-refractivity contribution in [1.29, 1.82) is 0 Å². The molecule has 0 fully saturated rings. The van der Waals surface area contributed by atoms with E-state index in [1.165, 1.54) is 42.5 Å². The average molecular weight is 380 g/mol. The van der Waals surface area contributed by atoms with Crippen LogP contribution in [0.1, 0.15) is 31.1 Å². The van der Waals surface area contributed by atoms with Crippen LogP contribution in [0.4, 0.5) is 10.1 Å². The number of nitrogens with one attached hydrogen (secondary N) is 2. The van der Waals surface area contributed by atoms with E-state index in [2.05, 4.69) is 10.0 Å². The van der Waals surface area contributed by atoms with E-state index < -0.39 is 21.7 Å². The fourth-order valence-corrected chi connectivity index (χ4v) is 3.67. The summed E-state index contributed by atoms with van der Waals surface area (Å²) in [5.74, 6) is -0.767. The normalized spacial score (nSPS) is 11.4. The number of rotatable bonds is 7. The summed E-state index contributed by atoms with van der Waals surface area (Å²) in [5.41, 5.74) is 0.539. The van der Waals surface area contributed by atoms with Gasteiger partial charge in [-0.2, -0.15) is 0 Å². The Morgan fingerprint density at radius 2 is 1.81 bits per heavy atom.